The minimum absolute atomic E-state index is 0.125. The first kappa shape index (κ1) is 17.9. The number of hydrogen-bond donors (Lipinski definition) is 1. The van der Waals surface area contributed by atoms with Crippen molar-refractivity contribution in [3.05, 3.63) is 95.6 Å². The number of anilines is 1. The molecule has 0 radical (unpaired) electrons. The fraction of sp³-hybridized carbons (Fsp3) is 0.120. The van der Waals surface area contributed by atoms with Crippen LogP contribution in [0.4, 0.5) is 5.69 Å². The Morgan fingerprint density at radius 1 is 0.929 bits per heavy atom. The van der Waals surface area contributed by atoms with Gasteiger partial charge in [0.05, 0.1) is 16.8 Å². The molecule has 1 N–H and O–H groups in total. The van der Waals surface area contributed by atoms with Gasteiger partial charge in [0.1, 0.15) is 0 Å². The highest BCUT2D eigenvalue weighted by Gasteiger charge is 2.15. The number of hydrogen-bond acceptors (Lipinski definition) is 2. The van der Waals surface area contributed by atoms with E-state index >= 15 is 0 Å². The third-order valence-electron chi connectivity index (χ3n) is 4.90. The lowest BCUT2D eigenvalue weighted by molar-refractivity contribution is 0.102. The number of carbonyl (C=O) groups excluding carboxylic acids is 1. The number of aryl methyl sites for hydroxylation is 2. The molecule has 3 nitrogen and oxygen atoms in total. The second kappa shape index (κ2) is 7.65. The van der Waals surface area contributed by atoms with E-state index in [9.17, 15) is 4.79 Å². The summed E-state index contributed by atoms with van der Waals surface area (Å²) in [6.07, 6.45) is 0.912. The van der Waals surface area contributed by atoms with Gasteiger partial charge in [-0.05, 0) is 49.2 Å². The number of para-hydroxylation sites is 1. The van der Waals surface area contributed by atoms with Crippen LogP contribution in [0, 0.1) is 6.92 Å². The first-order valence-corrected chi connectivity index (χ1v) is 9.51. The summed E-state index contributed by atoms with van der Waals surface area (Å²) in [5.74, 6) is -0.125. The van der Waals surface area contributed by atoms with E-state index in [0.29, 0.717) is 5.56 Å². The van der Waals surface area contributed by atoms with Gasteiger partial charge in [-0.2, -0.15) is 0 Å². The van der Waals surface area contributed by atoms with E-state index in [4.69, 9.17) is 4.98 Å². The average molecular weight is 366 g/mol. The molecule has 1 aromatic heterocycles. The van der Waals surface area contributed by atoms with E-state index in [1.807, 2.05) is 54.6 Å². The van der Waals surface area contributed by atoms with Gasteiger partial charge in [0, 0.05) is 16.6 Å². The van der Waals surface area contributed by atoms with Crippen molar-refractivity contribution in [3.8, 4) is 11.3 Å². The highest BCUT2D eigenvalue weighted by molar-refractivity contribution is 6.13. The van der Waals surface area contributed by atoms with Crippen molar-refractivity contribution in [1.82, 2.24) is 4.98 Å². The second-order valence-corrected chi connectivity index (χ2v) is 6.95. The zero-order chi connectivity index (χ0) is 19.5. The van der Waals surface area contributed by atoms with Crippen LogP contribution in [-0.4, -0.2) is 10.9 Å². The van der Waals surface area contributed by atoms with E-state index in [2.05, 4.69) is 43.4 Å². The van der Waals surface area contributed by atoms with Crippen molar-refractivity contribution >= 4 is 22.5 Å². The van der Waals surface area contributed by atoms with Crippen LogP contribution >= 0.6 is 0 Å². The van der Waals surface area contributed by atoms with E-state index in [0.717, 1.165) is 34.3 Å². The minimum Gasteiger partial charge on any atom is -0.322 e. The van der Waals surface area contributed by atoms with Gasteiger partial charge < -0.3 is 5.32 Å². The summed E-state index contributed by atoms with van der Waals surface area (Å²) in [6.45, 7) is 4.17. The number of aromatic nitrogens is 1. The smallest absolute Gasteiger partial charge is 0.256 e. The SMILES string of the molecule is CCc1ccc2nc(-c3ccc(C)cc3)cc(C(=O)Nc3ccccc3)c2c1. The molecule has 0 unspecified atom stereocenters. The van der Waals surface area contributed by atoms with Crippen molar-refractivity contribution in [3.63, 3.8) is 0 Å². The second-order valence-electron chi connectivity index (χ2n) is 6.95. The van der Waals surface area contributed by atoms with Crippen LogP contribution < -0.4 is 5.32 Å². The Balaban J connectivity index is 1.85. The van der Waals surface area contributed by atoms with Crippen LogP contribution in [0.15, 0.2) is 78.9 Å². The fourth-order valence-corrected chi connectivity index (χ4v) is 3.27. The van der Waals surface area contributed by atoms with Crippen LogP contribution in [0.3, 0.4) is 0 Å². The fourth-order valence-electron chi connectivity index (χ4n) is 3.27. The monoisotopic (exact) mass is 366 g/mol. The Morgan fingerprint density at radius 2 is 1.68 bits per heavy atom. The molecule has 0 fully saturated rings. The van der Waals surface area contributed by atoms with Gasteiger partial charge in [0.15, 0.2) is 0 Å². The predicted octanol–water partition coefficient (Wildman–Crippen LogP) is 6.02. The van der Waals surface area contributed by atoms with Gasteiger partial charge >= 0.3 is 0 Å². The number of nitrogens with zero attached hydrogens (tertiary/aromatic N) is 1. The maximum atomic E-state index is 13.1. The average Bonchev–Trinajstić information content (AvgIpc) is 2.73. The van der Waals surface area contributed by atoms with Crippen molar-refractivity contribution in [2.45, 2.75) is 20.3 Å². The van der Waals surface area contributed by atoms with E-state index < -0.39 is 0 Å². The molecule has 138 valence electrons. The predicted molar refractivity (Wildman–Crippen MR) is 116 cm³/mol. The van der Waals surface area contributed by atoms with Crippen molar-refractivity contribution < 1.29 is 4.79 Å². The van der Waals surface area contributed by atoms with Crippen LogP contribution in [0.2, 0.25) is 0 Å². The highest BCUT2D eigenvalue weighted by Crippen LogP contribution is 2.27. The standard InChI is InChI=1S/C25H22N2O/c1-3-18-11-14-23-21(15-18)22(25(28)26-20-7-5-4-6-8-20)16-24(27-23)19-12-9-17(2)10-13-19/h4-16H,3H2,1-2H3,(H,26,28). The molecular weight excluding hydrogens is 344 g/mol. The summed E-state index contributed by atoms with van der Waals surface area (Å²) in [4.78, 5) is 17.9. The van der Waals surface area contributed by atoms with E-state index in [-0.39, 0.29) is 5.91 Å². The third-order valence-corrected chi connectivity index (χ3v) is 4.90. The molecule has 0 aliphatic rings. The number of nitrogens with one attached hydrogen (secondary N) is 1. The largest absolute Gasteiger partial charge is 0.322 e. The topological polar surface area (TPSA) is 42.0 Å². The molecule has 0 atom stereocenters. The lowest BCUT2D eigenvalue weighted by Gasteiger charge is -2.12. The molecule has 0 saturated carbocycles. The molecule has 3 heteroatoms. The zero-order valence-corrected chi connectivity index (χ0v) is 16.1. The van der Waals surface area contributed by atoms with Crippen LogP contribution in [-0.2, 0) is 6.42 Å². The van der Waals surface area contributed by atoms with Crippen molar-refractivity contribution in [2.24, 2.45) is 0 Å². The van der Waals surface area contributed by atoms with Crippen molar-refractivity contribution in [2.75, 3.05) is 5.32 Å². The molecule has 1 amide bonds. The Kier molecular flexibility index (Phi) is 4.90. The van der Waals surface area contributed by atoms with E-state index in [1.54, 1.807) is 0 Å². The Hall–Kier alpha value is -3.46. The number of rotatable bonds is 4. The molecule has 0 bridgehead atoms. The summed E-state index contributed by atoms with van der Waals surface area (Å²) in [7, 11) is 0. The molecule has 4 rings (SSSR count). The van der Waals surface area contributed by atoms with Crippen LogP contribution in [0.5, 0.6) is 0 Å². The Bertz CT molecular complexity index is 1130. The number of amides is 1. The zero-order valence-electron chi connectivity index (χ0n) is 16.1. The lowest BCUT2D eigenvalue weighted by atomic mass is 10.0. The van der Waals surface area contributed by atoms with Gasteiger partial charge in [-0.15, -0.1) is 0 Å². The quantitative estimate of drug-likeness (QED) is 0.479. The lowest BCUT2D eigenvalue weighted by Crippen LogP contribution is -2.13. The highest BCUT2D eigenvalue weighted by atomic mass is 16.1. The summed E-state index contributed by atoms with van der Waals surface area (Å²) in [6, 6.07) is 25.8. The Labute approximate surface area is 165 Å². The van der Waals surface area contributed by atoms with Crippen LogP contribution in [0.1, 0.15) is 28.4 Å². The molecule has 0 saturated heterocycles. The Morgan fingerprint density at radius 3 is 2.39 bits per heavy atom. The van der Waals surface area contributed by atoms with Gasteiger partial charge in [-0.3, -0.25) is 4.79 Å². The molecule has 4 aromatic rings. The molecular formula is C25H22N2O. The minimum atomic E-state index is -0.125. The number of carbonyl (C=O) groups is 1. The molecule has 1 heterocycles. The van der Waals surface area contributed by atoms with E-state index in [1.165, 1.54) is 11.1 Å². The first-order chi connectivity index (χ1) is 13.6. The molecule has 0 aliphatic heterocycles. The number of pyridine rings is 1. The van der Waals surface area contributed by atoms with Gasteiger partial charge in [-0.25, -0.2) is 4.98 Å². The molecule has 28 heavy (non-hydrogen) atoms. The molecule has 0 spiro atoms. The third kappa shape index (κ3) is 3.65. The number of fused-ring (bicyclic) bond motifs is 1. The first-order valence-electron chi connectivity index (χ1n) is 9.51. The van der Waals surface area contributed by atoms with Crippen molar-refractivity contribution in [1.29, 1.82) is 0 Å². The van der Waals surface area contributed by atoms with Gasteiger partial charge in [0.2, 0.25) is 0 Å². The number of benzene rings is 3. The summed E-state index contributed by atoms with van der Waals surface area (Å²) in [5.41, 5.74) is 6.43. The van der Waals surface area contributed by atoms with Crippen LogP contribution in [0.25, 0.3) is 22.2 Å². The van der Waals surface area contributed by atoms with Gasteiger partial charge in [-0.1, -0.05) is 61.0 Å². The van der Waals surface area contributed by atoms with Gasteiger partial charge in [0.25, 0.3) is 5.91 Å². The summed E-state index contributed by atoms with van der Waals surface area (Å²) in [5, 5.41) is 3.89. The molecule has 3 aromatic carbocycles. The maximum absolute atomic E-state index is 13.1. The maximum Gasteiger partial charge on any atom is 0.256 e. The normalized spacial score (nSPS) is 10.8. The summed E-state index contributed by atoms with van der Waals surface area (Å²) < 4.78 is 0. The molecule has 0 aliphatic carbocycles. The summed E-state index contributed by atoms with van der Waals surface area (Å²) >= 11 is 0.